The number of nitrogens with two attached hydrogens (primary N) is 3. The predicted molar refractivity (Wildman–Crippen MR) is 426 cm³/mol. The summed E-state index contributed by atoms with van der Waals surface area (Å²) in [6, 6.07) is -7.49. The number of imidazole rings is 1. The molecule has 642 valence electrons. The van der Waals surface area contributed by atoms with Gasteiger partial charge in [0.15, 0.2) is 0 Å². The smallest absolute Gasteiger partial charge is 0.245 e. The van der Waals surface area contributed by atoms with Gasteiger partial charge in [-0.2, -0.15) is 23.5 Å². The minimum atomic E-state index is -1.93. The molecule has 0 aromatic carbocycles. The number of nitrogens with one attached hydrogen (secondary N) is 9. The second-order valence-corrected chi connectivity index (χ2v) is 30.7. The number of carbonyl (C=O) groups is 13. The Bertz CT molecular complexity index is 4460. The number of aromatic amines is 1. The number of unbranched alkanes of at least 4 members (excludes halogenated alkanes) is 1. The average Bonchev–Trinajstić information content (AvgIpc) is 1.61. The molecule has 4 aromatic heterocycles. The number of aryl methyl sites for hydroxylation is 3. The number of thioether (sulfide) groups is 2. The molecule has 39 nitrogen and oxygen atoms in total. The van der Waals surface area contributed by atoms with Crippen LogP contribution in [0.5, 0.6) is 0 Å². The first-order chi connectivity index (χ1) is 52.4. The zero-order valence-electron chi connectivity index (χ0n) is 67.6. The molecule has 3 aliphatic heterocycles. The maximum Gasteiger partial charge on any atom is 0.245 e. The van der Waals surface area contributed by atoms with Crippen molar-refractivity contribution in [3.63, 3.8) is 0 Å². The number of aromatic nitrogens is 6. The summed E-state index contributed by atoms with van der Waals surface area (Å²) >= 11 is 2.44. The Balaban J connectivity index is 0.00000913. The van der Waals surface area contributed by atoms with Gasteiger partial charge in [0, 0.05) is 81.7 Å². The van der Waals surface area contributed by atoms with Crippen LogP contribution in [0.25, 0.3) is 44.4 Å². The van der Waals surface area contributed by atoms with Crippen molar-refractivity contribution < 1.29 is 105 Å². The van der Waals surface area contributed by atoms with Gasteiger partial charge in [0.25, 0.3) is 0 Å². The summed E-state index contributed by atoms with van der Waals surface area (Å²) in [4.78, 5) is 203. The number of aliphatic hydroxyl groups excluding tert-OH is 1. The Morgan fingerprint density at radius 1 is 0.612 bits per heavy atom. The van der Waals surface area contributed by atoms with E-state index in [0.717, 1.165) is 18.7 Å². The molecule has 32 N–H and O–H groups in total. The van der Waals surface area contributed by atoms with E-state index in [1.165, 1.54) is 45.1 Å². The Kier molecular flexibility index (Phi) is 40.9. The van der Waals surface area contributed by atoms with E-state index < -0.39 is 186 Å². The first-order valence-corrected chi connectivity index (χ1v) is 38.4. The van der Waals surface area contributed by atoms with Crippen molar-refractivity contribution in [2.45, 2.75) is 217 Å². The third kappa shape index (κ3) is 27.5. The molecule has 0 radical (unpaired) electrons. The number of quaternary nitrogens is 4. The zero-order valence-corrected chi connectivity index (χ0v) is 70.3. The first-order valence-electron chi connectivity index (χ1n) is 36.3. The minimum Gasteiger partial charge on any atom is -0.657 e. The van der Waals surface area contributed by atoms with Crippen LogP contribution in [0, 0.1) is 19.8 Å². The molecule has 12 unspecified atom stereocenters. The van der Waals surface area contributed by atoms with Crippen LogP contribution >= 0.6 is 23.5 Å². The van der Waals surface area contributed by atoms with E-state index in [0.29, 0.717) is 95.8 Å². The largest absolute Gasteiger partial charge is 0.657 e. The van der Waals surface area contributed by atoms with Gasteiger partial charge in [0.1, 0.15) is 42.3 Å². The number of hydrogen-bond donors (Lipinski definition) is 17. The normalized spacial score (nSPS) is 18.8. The van der Waals surface area contributed by atoms with Crippen LogP contribution in [0.2, 0.25) is 0 Å². The number of hydrogen-bond acceptors (Lipinski definition) is 25. The van der Waals surface area contributed by atoms with Gasteiger partial charge in [-0.15, -0.1) is 22.1 Å². The molecular weight excluding hydrogens is 1590 g/mol. The molecule has 12 atom stereocenters. The van der Waals surface area contributed by atoms with E-state index in [-0.39, 0.29) is 104 Å². The predicted octanol–water partition coefficient (Wildman–Crippen LogP) is -2.40. The van der Waals surface area contributed by atoms with Gasteiger partial charge < -0.3 is 144 Å². The summed E-state index contributed by atoms with van der Waals surface area (Å²) in [5.74, 6) is -16.2. The van der Waals surface area contributed by atoms with Gasteiger partial charge in [-0.25, -0.2) is 15.0 Å². The molecule has 0 spiro atoms. The Hall–Kier alpha value is -10.1. The zero-order chi connectivity index (χ0) is 82.0. The minimum absolute atomic E-state index is 0. The number of H-pyrrole nitrogens is 1. The van der Waals surface area contributed by atoms with E-state index in [4.69, 9.17) is 37.1 Å². The van der Waals surface area contributed by atoms with Gasteiger partial charge in [-0.1, -0.05) is 54.8 Å². The van der Waals surface area contributed by atoms with Crippen LogP contribution in [0.15, 0.2) is 36.8 Å². The van der Waals surface area contributed by atoms with Crippen molar-refractivity contribution in [2.75, 3.05) is 18.1 Å². The van der Waals surface area contributed by atoms with Crippen molar-refractivity contribution in [3.05, 3.63) is 87.5 Å². The molecule has 0 saturated carbocycles. The molecule has 9 bridgehead atoms. The van der Waals surface area contributed by atoms with Gasteiger partial charge in [0.05, 0.1) is 53.3 Å². The Morgan fingerprint density at radius 3 is 1.78 bits per heavy atom. The number of carboxylic acids is 4. The number of amides is 9. The Morgan fingerprint density at radius 2 is 1.17 bits per heavy atom. The summed E-state index contributed by atoms with van der Waals surface area (Å²) < 4.78 is 0. The van der Waals surface area contributed by atoms with Crippen molar-refractivity contribution in [1.29, 1.82) is 0 Å². The molecule has 42 heteroatoms. The number of aliphatic carboxylic acids is 4. The number of fused-ring (bicyclic) bond motifs is 7. The van der Waals surface area contributed by atoms with Crippen molar-refractivity contribution in [1.82, 2.24) is 97.0 Å². The van der Waals surface area contributed by atoms with Crippen molar-refractivity contribution in [3.8, 4) is 0 Å². The monoisotopic (exact) mass is 1700 g/mol. The standard InChI is InChI=1S/C74H101N17O18S2.Fe.4H3N/c1-32(2)64(72(106)86-46(17-21-61(98)99)68(102)87-47(74(108)109)13-11-12-22-75)90-73(107)65(38(8)92)91-70(104)56(23-41-28-78-31-79-41)88-71(105)57-30-111-40(10)63-35(5)50-24-48-33(3)42(14-19-59(94)95)52(81-48)27-53-43(15-20-60(96)97)34(4)49(82-53)25-54-62(36(6)51(84-54)26-55(63)83-50)39(9)110-29-44(76)67(101)80-37(7)66(100)85-45(69(103)89-57)16-18-58(77)93;;;;;/h24-28,31-32,37-40,44-47,56-57,64-65,92H,11-23,29-30,75-76H2,1-10H3,(H17,77,78,79,80,81,82,83,84,85,86,87,88,89,90,91,93,94,95,96,97,98,99,100,101,102,103,104,105,106,107,108,109);;4*1H3/p-2. The molecule has 3 aliphatic rings. The Labute approximate surface area is 689 Å². The van der Waals surface area contributed by atoms with Crippen molar-refractivity contribution >= 4 is 145 Å². The maximum absolute atomic E-state index is 15.4. The molecule has 7 rings (SSSR count). The third-order valence-corrected chi connectivity index (χ3v) is 21.8. The molecule has 116 heavy (non-hydrogen) atoms. The molecule has 9 amide bonds. The van der Waals surface area contributed by atoms with Gasteiger partial charge in [0.2, 0.25) is 53.2 Å². The fourth-order valence-corrected chi connectivity index (χ4v) is 15.2. The fraction of sp³-hybridized carbons (Fsp3) is 0.514. The first kappa shape index (κ1) is 102. The van der Waals surface area contributed by atoms with Crippen LogP contribution in [-0.4, -0.2) is 186 Å². The molecule has 0 fully saturated rings. The van der Waals surface area contributed by atoms with Crippen molar-refractivity contribution in [2.24, 2.45) is 23.1 Å². The summed E-state index contributed by atoms with van der Waals surface area (Å²) in [6.45, 7) is 16.6. The second kappa shape index (κ2) is 46.6. The topological polar surface area (TPSA) is 737 Å². The van der Waals surface area contributed by atoms with E-state index in [9.17, 15) is 83.1 Å². The number of nitrogens with zero attached hydrogens (tertiary/aromatic N) is 5. The van der Waals surface area contributed by atoms with E-state index in [1.807, 2.05) is 20.8 Å². The van der Waals surface area contributed by atoms with Crippen LogP contribution in [0.3, 0.4) is 0 Å². The third-order valence-electron chi connectivity index (χ3n) is 19.3. The van der Waals surface area contributed by atoms with E-state index in [2.05, 4.69) is 52.5 Å². The number of carboxylic acid groups (broad SMARTS) is 4. The second-order valence-electron chi connectivity index (χ2n) is 28.0. The van der Waals surface area contributed by atoms with Crippen LogP contribution in [0.1, 0.15) is 176 Å². The number of primary amides is 1. The maximum atomic E-state index is 15.4. The fourth-order valence-electron chi connectivity index (χ4n) is 12.9. The van der Waals surface area contributed by atoms with Gasteiger partial charge in [-0.05, 0) is 160 Å². The SMILES string of the molecule is CC1=C(CCC(=O)[O-])c2cc3[n-]c(cc4nc5cc6[n-]c(cc1n2)c(C)c6C(C)SCC(C(=O)NC(Cc1cnc[nH]1)C(=O)NC(C(=O)NC(C(=O)NC(CCC(=O)[O-])C(=O)NC(CCCCN)C(=O)[O-])C(C)C)C(C)O)NC(=O)C(CCC(N)=O)NC(=O)C(C)NC(=O)C(N)CSC(C)C4=C5C)c(C)c3CCC(=O)[O-].[Fe].[NH4+].[NH4+].[NH4+].[NH4+]. The number of allylic oxidation sites excluding steroid dienone is 3. The summed E-state index contributed by atoms with van der Waals surface area (Å²) in [6.07, 6.45) is -2.06. The van der Waals surface area contributed by atoms with E-state index in [1.54, 1.807) is 45.0 Å². The summed E-state index contributed by atoms with van der Waals surface area (Å²) in [5.41, 5.74) is 26.0. The van der Waals surface area contributed by atoms with Gasteiger partial charge in [-0.3, -0.25) is 43.2 Å². The summed E-state index contributed by atoms with van der Waals surface area (Å²) in [5, 5.41) is 77.8. The van der Waals surface area contributed by atoms with Gasteiger partial charge >= 0.3 is 0 Å². The average molecular weight is 1700 g/mol. The summed E-state index contributed by atoms with van der Waals surface area (Å²) in [7, 11) is 0. The molecule has 0 aliphatic carbocycles. The number of rotatable bonds is 31. The van der Waals surface area contributed by atoms with Crippen LogP contribution < -0.4 is 115 Å². The number of aliphatic hydroxyl groups is 1. The van der Waals surface area contributed by atoms with E-state index >= 15 is 4.79 Å². The molecule has 4 aromatic rings. The molecule has 7 heterocycles. The van der Waals surface area contributed by atoms with Crippen LogP contribution in [0.4, 0.5) is 0 Å². The quantitative estimate of drug-likeness (QED) is 0.0184. The van der Waals surface area contributed by atoms with Crippen LogP contribution in [-0.2, 0) is 92.2 Å². The molecular formula is C74H111FeN21O18S2-2. The molecule has 0 saturated heterocycles. The number of carbonyl (C=O) groups excluding carboxylic acids is 13.